The molecule has 0 unspecified atom stereocenters. The van der Waals surface area contributed by atoms with E-state index in [1.54, 1.807) is 18.4 Å². The molecule has 1 aromatic heterocycles. The van der Waals surface area contributed by atoms with Gasteiger partial charge in [0.25, 0.3) is 0 Å². The summed E-state index contributed by atoms with van der Waals surface area (Å²) >= 11 is 1.68. The van der Waals surface area contributed by atoms with Gasteiger partial charge in [-0.2, -0.15) is 0 Å². The largest absolute Gasteiger partial charge is 0.496 e. The molecule has 0 saturated carbocycles. The van der Waals surface area contributed by atoms with E-state index in [0.717, 1.165) is 72.8 Å². The van der Waals surface area contributed by atoms with Crippen LogP contribution in [-0.4, -0.2) is 77.0 Å². The molecule has 5 rings (SSSR count). The summed E-state index contributed by atoms with van der Waals surface area (Å²) in [5.74, 6) is -1.07. The maximum atomic E-state index is 9.10. The van der Waals surface area contributed by atoms with Gasteiger partial charge in [-0.3, -0.25) is 9.80 Å². The van der Waals surface area contributed by atoms with Crippen LogP contribution < -0.4 is 14.2 Å². The summed E-state index contributed by atoms with van der Waals surface area (Å²) in [5.41, 5.74) is 3.46. The van der Waals surface area contributed by atoms with Crippen LogP contribution in [0.1, 0.15) is 11.3 Å². The summed E-state index contributed by atoms with van der Waals surface area (Å²) in [7, 11) is 1.70. The van der Waals surface area contributed by atoms with Crippen LogP contribution in [0.25, 0.3) is 10.6 Å². The Labute approximate surface area is 212 Å². The predicted octanol–water partition coefficient (Wildman–Crippen LogP) is 3.02. The molecule has 2 N–H and O–H groups in total. The number of aromatic nitrogens is 1. The number of hydrogen-bond donors (Lipinski definition) is 2. The van der Waals surface area contributed by atoms with Crippen LogP contribution in [0.4, 0.5) is 0 Å². The minimum atomic E-state index is -1.82. The van der Waals surface area contributed by atoms with E-state index in [0.29, 0.717) is 6.79 Å². The zero-order chi connectivity index (χ0) is 25.5. The van der Waals surface area contributed by atoms with Crippen molar-refractivity contribution in [2.45, 2.75) is 13.1 Å². The Hall–Kier alpha value is -3.67. The van der Waals surface area contributed by atoms with Crippen molar-refractivity contribution in [3.05, 3.63) is 59.1 Å². The number of carboxylic acids is 2. The zero-order valence-electron chi connectivity index (χ0n) is 19.8. The molecule has 2 aliphatic rings. The molecule has 0 radical (unpaired) electrons. The minimum absolute atomic E-state index is 0.326. The van der Waals surface area contributed by atoms with Crippen LogP contribution in [-0.2, 0) is 22.7 Å². The Kier molecular flexibility index (Phi) is 8.36. The zero-order valence-corrected chi connectivity index (χ0v) is 20.6. The van der Waals surface area contributed by atoms with Crippen LogP contribution in [0.3, 0.4) is 0 Å². The van der Waals surface area contributed by atoms with Crippen molar-refractivity contribution >= 4 is 23.3 Å². The molecular weight excluding hydrogens is 486 g/mol. The number of carbonyl (C=O) groups is 2. The smallest absolute Gasteiger partial charge is 0.414 e. The molecule has 1 fully saturated rings. The number of thiazole rings is 1. The Bertz CT molecular complexity index is 1200. The summed E-state index contributed by atoms with van der Waals surface area (Å²) in [6.45, 7) is 6.36. The molecule has 0 spiro atoms. The van der Waals surface area contributed by atoms with Crippen LogP contribution in [0, 0.1) is 0 Å². The van der Waals surface area contributed by atoms with Gasteiger partial charge < -0.3 is 24.4 Å². The number of methoxy groups -OCH3 is 1. The van der Waals surface area contributed by atoms with E-state index in [1.807, 2.05) is 24.3 Å². The van der Waals surface area contributed by atoms with E-state index in [2.05, 4.69) is 33.4 Å². The lowest BCUT2D eigenvalue weighted by molar-refractivity contribution is -0.159. The van der Waals surface area contributed by atoms with Gasteiger partial charge in [0.15, 0.2) is 11.5 Å². The van der Waals surface area contributed by atoms with Gasteiger partial charge in [0.2, 0.25) is 6.79 Å². The molecule has 2 aliphatic heterocycles. The summed E-state index contributed by atoms with van der Waals surface area (Å²) in [6, 6.07) is 14.3. The van der Waals surface area contributed by atoms with Crippen molar-refractivity contribution in [1.29, 1.82) is 0 Å². The van der Waals surface area contributed by atoms with Crippen molar-refractivity contribution < 1.29 is 34.0 Å². The van der Waals surface area contributed by atoms with E-state index >= 15 is 0 Å². The fraction of sp³-hybridized carbons (Fsp3) is 0.320. The monoisotopic (exact) mass is 513 g/mol. The highest BCUT2D eigenvalue weighted by atomic mass is 32.1. The normalized spacial score (nSPS) is 15.1. The third kappa shape index (κ3) is 6.51. The fourth-order valence-electron chi connectivity index (χ4n) is 3.96. The third-order valence-corrected chi connectivity index (χ3v) is 6.69. The lowest BCUT2D eigenvalue weighted by atomic mass is 10.1. The second-order valence-corrected chi connectivity index (χ2v) is 9.05. The number of para-hydroxylation sites is 1. The highest BCUT2D eigenvalue weighted by molar-refractivity contribution is 7.13. The molecule has 11 heteroatoms. The molecule has 0 amide bonds. The van der Waals surface area contributed by atoms with Crippen LogP contribution >= 0.6 is 11.3 Å². The van der Waals surface area contributed by atoms with Crippen LogP contribution in [0.15, 0.2) is 47.8 Å². The standard InChI is InChI=1S/C23H25N3O3S.C2H2O4/c1-27-20-5-3-2-4-19(20)23-24-18(15-30-23)14-26-10-8-25(9-11-26)13-17-6-7-21-22(12-17)29-16-28-21;3-1(4)2(5)6/h2-7,12,15H,8-11,13-14,16H2,1H3;(H,3,4)(H,5,6). The average Bonchev–Trinajstić information content (AvgIpc) is 3.55. The number of carboxylic acid groups (broad SMARTS) is 2. The maximum Gasteiger partial charge on any atom is 0.414 e. The number of benzene rings is 2. The molecule has 0 aliphatic carbocycles. The summed E-state index contributed by atoms with van der Waals surface area (Å²) in [6.07, 6.45) is 0. The number of rotatable bonds is 6. The molecule has 0 bridgehead atoms. The summed E-state index contributed by atoms with van der Waals surface area (Å²) in [5, 5.41) is 18.0. The predicted molar refractivity (Wildman–Crippen MR) is 132 cm³/mol. The third-order valence-electron chi connectivity index (χ3n) is 5.77. The second-order valence-electron chi connectivity index (χ2n) is 8.19. The van der Waals surface area contributed by atoms with Gasteiger partial charge in [0, 0.05) is 44.6 Å². The number of ether oxygens (including phenoxy) is 3. The maximum absolute atomic E-state index is 9.10. The van der Waals surface area contributed by atoms with E-state index < -0.39 is 11.9 Å². The van der Waals surface area contributed by atoms with E-state index in [4.69, 9.17) is 39.0 Å². The van der Waals surface area contributed by atoms with Crippen molar-refractivity contribution in [3.63, 3.8) is 0 Å². The number of piperazine rings is 1. The van der Waals surface area contributed by atoms with Crippen LogP contribution in [0.5, 0.6) is 17.2 Å². The van der Waals surface area contributed by atoms with Gasteiger partial charge in [-0.15, -0.1) is 11.3 Å². The molecule has 3 heterocycles. The molecule has 0 atom stereocenters. The highest BCUT2D eigenvalue weighted by Crippen LogP contribution is 2.33. The Morgan fingerprint density at radius 1 is 0.972 bits per heavy atom. The van der Waals surface area contributed by atoms with Gasteiger partial charge in [-0.25, -0.2) is 14.6 Å². The first-order valence-corrected chi connectivity index (χ1v) is 12.2. The summed E-state index contributed by atoms with van der Waals surface area (Å²) < 4.78 is 16.4. The Morgan fingerprint density at radius 3 is 2.33 bits per heavy atom. The average molecular weight is 514 g/mol. The Balaban J connectivity index is 0.000000455. The summed E-state index contributed by atoms with van der Waals surface area (Å²) in [4.78, 5) is 28.0. The van der Waals surface area contributed by atoms with Crippen molar-refractivity contribution in [2.24, 2.45) is 0 Å². The first-order valence-electron chi connectivity index (χ1n) is 11.3. The molecule has 1 saturated heterocycles. The number of fused-ring (bicyclic) bond motifs is 1. The van der Waals surface area contributed by atoms with E-state index in [9.17, 15) is 0 Å². The fourth-order valence-corrected chi connectivity index (χ4v) is 4.80. The van der Waals surface area contributed by atoms with Gasteiger partial charge in [0.1, 0.15) is 10.8 Å². The van der Waals surface area contributed by atoms with E-state index in [-0.39, 0.29) is 0 Å². The van der Waals surface area contributed by atoms with Gasteiger partial charge in [-0.05, 0) is 29.8 Å². The van der Waals surface area contributed by atoms with Crippen molar-refractivity contribution in [3.8, 4) is 27.8 Å². The highest BCUT2D eigenvalue weighted by Gasteiger charge is 2.20. The van der Waals surface area contributed by atoms with Crippen molar-refractivity contribution in [2.75, 3.05) is 40.1 Å². The number of nitrogens with zero attached hydrogens (tertiary/aromatic N) is 3. The first-order chi connectivity index (χ1) is 17.4. The number of aliphatic carboxylic acids is 2. The number of hydrogen-bond acceptors (Lipinski definition) is 9. The molecule has 190 valence electrons. The molecule has 3 aromatic rings. The lowest BCUT2D eigenvalue weighted by Crippen LogP contribution is -2.45. The van der Waals surface area contributed by atoms with Gasteiger partial charge >= 0.3 is 11.9 Å². The molecule has 2 aromatic carbocycles. The SMILES string of the molecule is COc1ccccc1-c1nc(CN2CCN(Cc3ccc4c(c3)OCO4)CC2)cs1.O=C(O)C(=O)O. The molecule has 10 nitrogen and oxygen atoms in total. The Morgan fingerprint density at radius 2 is 1.64 bits per heavy atom. The second kappa shape index (κ2) is 11.8. The van der Waals surface area contributed by atoms with Gasteiger partial charge in [0.05, 0.1) is 18.4 Å². The van der Waals surface area contributed by atoms with Gasteiger partial charge in [-0.1, -0.05) is 18.2 Å². The van der Waals surface area contributed by atoms with Crippen molar-refractivity contribution in [1.82, 2.24) is 14.8 Å². The minimum Gasteiger partial charge on any atom is -0.496 e. The van der Waals surface area contributed by atoms with E-state index in [1.165, 1.54) is 5.56 Å². The quantitative estimate of drug-likeness (QED) is 0.476. The molecule has 36 heavy (non-hydrogen) atoms. The first kappa shape index (κ1) is 25.4. The lowest BCUT2D eigenvalue weighted by Gasteiger charge is -2.34. The molecular formula is C25H27N3O7S. The topological polar surface area (TPSA) is 122 Å². The van der Waals surface area contributed by atoms with Crippen LogP contribution in [0.2, 0.25) is 0 Å².